The first-order chi connectivity index (χ1) is 18.0. The van der Waals surface area contributed by atoms with Crippen LogP contribution < -0.4 is 10.1 Å². The summed E-state index contributed by atoms with van der Waals surface area (Å²) in [7, 11) is -7.66. The maximum absolute atomic E-state index is 13.4. The van der Waals surface area contributed by atoms with Crippen LogP contribution in [0.5, 0.6) is 5.88 Å². The number of benzene rings is 1. The summed E-state index contributed by atoms with van der Waals surface area (Å²) >= 11 is 0. The van der Waals surface area contributed by atoms with E-state index in [0.717, 1.165) is 0 Å². The van der Waals surface area contributed by atoms with Crippen LogP contribution in [0.2, 0.25) is 0 Å². The molecule has 0 atom stereocenters. The molecule has 2 aromatic rings. The van der Waals surface area contributed by atoms with Crippen molar-refractivity contribution in [2.75, 3.05) is 52.1 Å². The molecule has 1 aliphatic rings. The largest absolute Gasteiger partial charge is 0.416 e. The topological polar surface area (TPSA) is 144 Å². The molecular formula is C22H29F2N4O8PS. The lowest BCUT2D eigenvalue weighted by molar-refractivity contribution is -0.133. The molecule has 3 rings (SSSR count). The molecule has 1 aromatic heterocycles. The first-order valence-corrected chi connectivity index (χ1v) is 14.9. The molecule has 0 radical (unpaired) electrons. The van der Waals surface area contributed by atoms with Gasteiger partial charge in [0.25, 0.3) is 0 Å². The van der Waals surface area contributed by atoms with Crippen LogP contribution in [-0.4, -0.2) is 93.1 Å². The van der Waals surface area contributed by atoms with Crippen molar-refractivity contribution in [2.24, 2.45) is 0 Å². The normalized spacial score (nSPS) is 15.1. The number of hydrogen-bond acceptors (Lipinski definition) is 9. The summed E-state index contributed by atoms with van der Waals surface area (Å²) in [4.78, 5) is 29.8. The summed E-state index contributed by atoms with van der Waals surface area (Å²) in [5.41, 5.74) is 0. The number of hydrogen-bond donors (Lipinski definition) is 1. The fourth-order valence-corrected chi connectivity index (χ4v) is 7.05. The third kappa shape index (κ3) is 7.23. The molecular weight excluding hydrogens is 549 g/mol. The molecule has 1 saturated heterocycles. The second-order valence-electron chi connectivity index (χ2n) is 8.01. The number of rotatable bonds is 12. The van der Waals surface area contributed by atoms with Crippen LogP contribution in [0.25, 0.3) is 10.8 Å². The third-order valence-corrected chi connectivity index (χ3v) is 9.50. The SMILES string of the molecule is CCOP(=O)(CC(=O)NCC(=O)N1CCN(S(=O)(=O)c2cccc3c(OC(F)F)nccc23)CC1)OCC. The first kappa shape index (κ1) is 29.8. The number of piperazine rings is 1. The number of nitrogens with one attached hydrogen (secondary N) is 1. The minimum Gasteiger partial charge on any atom is -0.416 e. The van der Waals surface area contributed by atoms with E-state index in [4.69, 9.17) is 9.05 Å². The van der Waals surface area contributed by atoms with Crippen molar-refractivity contribution in [3.63, 3.8) is 0 Å². The molecule has 0 bridgehead atoms. The number of carbonyl (C=O) groups is 2. The number of alkyl halides is 2. The number of aromatic nitrogens is 1. The summed E-state index contributed by atoms with van der Waals surface area (Å²) in [5.74, 6) is -1.50. The number of ether oxygens (including phenoxy) is 1. The lowest BCUT2D eigenvalue weighted by Crippen LogP contribution is -2.52. The molecule has 2 amide bonds. The molecule has 210 valence electrons. The number of carbonyl (C=O) groups excluding carboxylic acids is 2. The number of nitrogens with zero attached hydrogens (tertiary/aromatic N) is 3. The Morgan fingerprint density at radius 2 is 1.74 bits per heavy atom. The van der Waals surface area contributed by atoms with Crippen molar-refractivity contribution in [1.82, 2.24) is 19.5 Å². The van der Waals surface area contributed by atoms with Gasteiger partial charge in [-0.25, -0.2) is 13.4 Å². The van der Waals surface area contributed by atoms with Gasteiger partial charge in [0.1, 0.15) is 6.16 Å². The lowest BCUT2D eigenvalue weighted by atomic mass is 10.2. The van der Waals surface area contributed by atoms with E-state index in [1.54, 1.807) is 13.8 Å². The summed E-state index contributed by atoms with van der Waals surface area (Å²) in [6.45, 7) is 0.0187. The molecule has 1 N–H and O–H groups in total. The van der Waals surface area contributed by atoms with Crippen LogP contribution in [0.4, 0.5) is 8.78 Å². The molecule has 0 spiro atoms. The van der Waals surface area contributed by atoms with Gasteiger partial charge in [-0.1, -0.05) is 6.07 Å². The van der Waals surface area contributed by atoms with Crippen molar-refractivity contribution >= 4 is 40.2 Å². The molecule has 0 saturated carbocycles. The predicted octanol–water partition coefficient (Wildman–Crippen LogP) is 2.05. The van der Waals surface area contributed by atoms with Crippen LogP contribution in [-0.2, 0) is 33.2 Å². The Morgan fingerprint density at radius 1 is 1.08 bits per heavy atom. The van der Waals surface area contributed by atoms with Crippen LogP contribution >= 0.6 is 7.60 Å². The zero-order valence-electron chi connectivity index (χ0n) is 20.8. The lowest BCUT2D eigenvalue weighted by Gasteiger charge is -2.34. The zero-order chi connectivity index (χ0) is 27.9. The molecule has 0 aliphatic carbocycles. The molecule has 16 heteroatoms. The maximum atomic E-state index is 13.4. The molecule has 38 heavy (non-hydrogen) atoms. The third-order valence-electron chi connectivity index (χ3n) is 5.57. The molecule has 1 aliphatic heterocycles. The van der Waals surface area contributed by atoms with E-state index in [-0.39, 0.29) is 67.5 Å². The zero-order valence-corrected chi connectivity index (χ0v) is 22.6. The highest BCUT2D eigenvalue weighted by atomic mass is 32.2. The fraction of sp³-hybridized carbons (Fsp3) is 0.500. The van der Waals surface area contributed by atoms with Gasteiger partial charge in [0.2, 0.25) is 27.7 Å². The van der Waals surface area contributed by atoms with Gasteiger partial charge >= 0.3 is 14.2 Å². The van der Waals surface area contributed by atoms with Crippen LogP contribution in [0, 0.1) is 0 Å². The molecule has 1 fully saturated rings. The van der Waals surface area contributed by atoms with E-state index < -0.39 is 42.2 Å². The van der Waals surface area contributed by atoms with Crippen LogP contribution in [0.1, 0.15) is 13.8 Å². The van der Waals surface area contributed by atoms with Crippen molar-refractivity contribution in [3.8, 4) is 5.88 Å². The second kappa shape index (κ2) is 12.9. The van der Waals surface area contributed by atoms with Crippen molar-refractivity contribution in [2.45, 2.75) is 25.4 Å². The van der Waals surface area contributed by atoms with Crippen LogP contribution in [0.3, 0.4) is 0 Å². The highest BCUT2D eigenvalue weighted by molar-refractivity contribution is 7.89. The second-order valence-corrected chi connectivity index (χ2v) is 12.0. The van der Waals surface area contributed by atoms with Crippen LogP contribution in [0.15, 0.2) is 35.4 Å². The monoisotopic (exact) mass is 578 g/mol. The molecule has 12 nitrogen and oxygen atoms in total. The van der Waals surface area contributed by atoms with Gasteiger partial charge in [-0.3, -0.25) is 14.2 Å². The van der Waals surface area contributed by atoms with Gasteiger partial charge in [0, 0.05) is 43.1 Å². The van der Waals surface area contributed by atoms with Crippen molar-refractivity contribution < 1.29 is 45.1 Å². The van der Waals surface area contributed by atoms with Gasteiger partial charge in [0.15, 0.2) is 0 Å². The Labute approximate surface area is 218 Å². The molecule has 0 unspecified atom stereocenters. The summed E-state index contributed by atoms with van der Waals surface area (Å²) in [6.07, 6.45) is 0.657. The Morgan fingerprint density at radius 3 is 2.34 bits per heavy atom. The predicted molar refractivity (Wildman–Crippen MR) is 132 cm³/mol. The van der Waals surface area contributed by atoms with Gasteiger partial charge in [0.05, 0.1) is 24.7 Å². The number of halogens is 2. The van der Waals surface area contributed by atoms with E-state index in [2.05, 4.69) is 15.0 Å². The minimum absolute atomic E-state index is 0.0201. The maximum Gasteiger partial charge on any atom is 0.388 e. The highest BCUT2D eigenvalue weighted by Crippen LogP contribution is 2.47. The fourth-order valence-electron chi connectivity index (χ4n) is 3.91. The molecule has 2 heterocycles. The highest BCUT2D eigenvalue weighted by Gasteiger charge is 2.32. The Hall–Kier alpha value is -2.71. The summed E-state index contributed by atoms with van der Waals surface area (Å²) in [5, 5.41) is 2.69. The van der Waals surface area contributed by atoms with Gasteiger partial charge in [-0.05, 0) is 32.0 Å². The first-order valence-electron chi connectivity index (χ1n) is 11.8. The van der Waals surface area contributed by atoms with E-state index >= 15 is 0 Å². The summed E-state index contributed by atoms with van der Waals surface area (Å²) in [6, 6.07) is 5.61. The summed E-state index contributed by atoms with van der Waals surface area (Å²) < 4.78 is 80.4. The van der Waals surface area contributed by atoms with E-state index in [9.17, 15) is 31.4 Å². The number of pyridine rings is 1. The van der Waals surface area contributed by atoms with E-state index in [1.807, 2.05) is 0 Å². The Bertz CT molecular complexity index is 1300. The number of amides is 2. The number of fused-ring (bicyclic) bond motifs is 1. The average molecular weight is 579 g/mol. The van der Waals surface area contributed by atoms with E-state index in [1.165, 1.54) is 39.7 Å². The van der Waals surface area contributed by atoms with Crippen molar-refractivity contribution in [1.29, 1.82) is 0 Å². The minimum atomic E-state index is -4.04. The smallest absolute Gasteiger partial charge is 0.388 e. The Balaban J connectivity index is 1.62. The Kier molecular flexibility index (Phi) is 10.1. The quantitative estimate of drug-likeness (QED) is 0.374. The van der Waals surface area contributed by atoms with Gasteiger partial charge in [-0.2, -0.15) is 13.1 Å². The van der Waals surface area contributed by atoms with Crippen molar-refractivity contribution in [3.05, 3.63) is 30.5 Å². The average Bonchev–Trinajstić information content (AvgIpc) is 2.87. The van der Waals surface area contributed by atoms with Gasteiger partial charge in [-0.15, -0.1) is 0 Å². The van der Waals surface area contributed by atoms with E-state index in [0.29, 0.717) is 0 Å². The molecule has 1 aromatic carbocycles. The number of sulfonamides is 1. The van der Waals surface area contributed by atoms with Gasteiger partial charge < -0.3 is 24.0 Å². The standard InChI is InChI=1S/C22H29F2N4O8PS/c1-3-34-37(31,35-4-2)15-19(29)26-14-20(30)27-10-12-28(13-11-27)38(32,33)18-7-5-6-17-16(18)8-9-25-21(17)36-22(23)24/h5-9,22H,3-4,10-15H2,1-2H3,(H,26,29).